The highest BCUT2D eigenvalue weighted by Gasteiger charge is 2.16. The maximum Gasteiger partial charge on any atom is 0.133 e. The molecule has 0 aliphatic carbocycles. The molecule has 58 heavy (non-hydrogen) atoms. The van der Waals surface area contributed by atoms with Crippen LogP contribution < -0.4 is 0 Å². The van der Waals surface area contributed by atoms with Crippen molar-refractivity contribution in [3.05, 3.63) is 203 Å². The lowest BCUT2D eigenvalue weighted by Gasteiger charge is -2.07. The molecule has 2 N–H and O–H groups in total. The normalized spacial score (nSPS) is 12.0. The molecule has 6 heteroatoms. The lowest BCUT2D eigenvalue weighted by atomic mass is 9.99. The van der Waals surface area contributed by atoms with E-state index in [9.17, 15) is 8.78 Å². The maximum absolute atomic E-state index is 15.2. The Morgan fingerprint density at radius 3 is 0.966 bits per heavy atom. The van der Waals surface area contributed by atoms with E-state index in [0.717, 1.165) is 66.1 Å². The van der Waals surface area contributed by atoms with E-state index >= 15 is 8.78 Å². The van der Waals surface area contributed by atoms with Gasteiger partial charge in [0.15, 0.2) is 0 Å². The highest BCUT2D eigenvalue weighted by Crippen LogP contribution is 2.37. The van der Waals surface area contributed by atoms with Crippen LogP contribution in [0.3, 0.4) is 0 Å². The van der Waals surface area contributed by atoms with Crippen molar-refractivity contribution in [1.82, 2.24) is 9.97 Å². The van der Waals surface area contributed by atoms with E-state index in [0.29, 0.717) is 33.2 Å². The Balaban J connectivity index is 0.803. The van der Waals surface area contributed by atoms with Crippen molar-refractivity contribution in [3.63, 3.8) is 0 Å². The molecule has 0 amide bonds. The summed E-state index contributed by atoms with van der Waals surface area (Å²) in [4.78, 5) is 6.44. The first kappa shape index (κ1) is 35.0. The summed E-state index contributed by atoms with van der Waals surface area (Å²) in [6, 6.07) is 47.7. The highest BCUT2D eigenvalue weighted by atomic mass is 19.1. The van der Waals surface area contributed by atoms with Gasteiger partial charge in [-0.05, 0) is 105 Å². The minimum atomic E-state index is -0.341. The van der Waals surface area contributed by atoms with E-state index < -0.39 is 0 Å². The molecule has 0 saturated heterocycles. The number of hydrogen-bond donors (Lipinski definition) is 2. The lowest BCUT2D eigenvalue weighted by molar-refractivity contribution is 0.629. The molecule has 0 aliphatic rings. The van der Waals surface area contributed by atoms with Crippen molar-refractivity contribution in [2.45, 2.75) is 0 Å². The first-order valence-corrected chi connectivity index (χ1v) is 18.9. The molecule has 2 nitrogen and oxygen atoms in total. The zero-order valence-corrected chi connectivity index (χ0v) is 30.8. The maximum atomic E-state index is 15.2. The van der Waals surface area contributed by atoms with Crippen LogP contribution >= 0.6 is 0 Å². The molecular formula is C52H32F4N2. The number of fused-ring (bicyclic) bond motifs is 6. The van der Waals surface area contributed by atoms with E-state index in [2.05, 4.69) is 58.5 Å². The Hall–Kier alpha value is -7.44. The van der Waals surface area contributed by atoms with Crippen LogP contribution in [0, 0.1) is 23.3 Å². The topological polar surface area (TPSA) is 31.6 Å². The van der Waals surface area contributed by atoms with Gasteiger partial charge in [-0.1, -0.05) is 121 Å². The van der Waals surface area contributed by atoms with Crippen LogP contribution in [0.15, 0.2) is 158 Å². The molecule has 8 aromatic carbocycles. The summed E-state index contributed by atoms with van der Waals surface area (Å²) in [6.45, 7) is 0. The predicted molar refractivity (Wildman–Crippen MR) is 232 cm³/mol. The fraction of sp³-hybridized carbons (Fsp3) is 0. The van der Waals surface area contributed by atoms with Crippen molar-refractivity contribution < 1.29 is 17.6 Å². The summed E-state index contributed by atoms with van der Waals surface area (Å²) < 4.78 is 58.1. The van der Waals surface area contributed by atoms with Crippen molar-refractivity contribution in [2.24, 2.45) is 0 Å². The van der Waals surface area contributed by atoms with Gasteiger partial charge in [0.2, 0.25) is 0 Å². The number of H-pyrrole nitrogens is 2. The van der Waals surface area contributed by atoms with E-state index in [1.54, 1.807) is 24.3 Å². The third-order valence-electron chi connectivity index (χ3n) is 10.9. The summed E-state index contributed by atoms with van der Waals surface area (Å²) in [7, 11) is 0. The van der Waals surface area contributed by atoms with Gasteiger partial charge in [0.25, 0.3) is 0 Å². The summed E-state index contributed by atoms with van der Waals surface area (Å²) in [6.07, 6.45) is 8.16. The largest absolute Gasteiger partial charge is 0.354 e. The van der Waals surface area contributed by atoms with Crippen LogP contribution in [0.4, 0.5) is 17.6 Å². The molecule has 0 unspecified atom stereocenters. The Kier molecular flexibility index (Phi) is 8.60. The summed E-state index contributed by atoms with van der Waals surface area (Å²) in [5.74, 6) is -1.36. The zero-order chi connectivity index (χ0) is 39.3. The Labute approximate surface area is 331 Å². The smallest absolute Gasteiger partial charge is 0.133 e. The van der Waals surface area contributed by atoms with E-state index in [-0.39, 0.29) is 23.3 Å². The molecule has 10 rings (SSSR count). The SMILES string of the molecule is Fc1ccc2c(c1)[nH]c1c(-c3ccc(C=Cc4ccc(-c5ccc(C=Cc6ccc(-c7c(F)ccc8c7[nH]c7cc(F)ccc78)cc6)cc5)cc4)cc3)c(F)ccc12. The molecule has 2 aromatic heterocycles. The highest BCUT2D eigenvalue weighted by molar-refractivity contribution is 6.13. The van der Waals surface area contributed by atoms with E-state index in [1.807, 2.05) is 72.8 Å². The van der Waals surface area contributed by atoms with Gasteiger partial charge in [0, 0.05) is 43.7 Å². The molecule has 0 bridgehead atoms. The third-order valence-corrected chi connectivity index (χ3v) is 10.9. The average Bonchev–Trinajstić information content (AvgIpc) is 3.80. The van der Waals surface area contributed by atoms with Crippen molar-refractivity contribution in [3.8, 4) is 33.4 Å². The Morgan fingerprint density at radius 2 is 0.621 bits per heavy atom. The molecule has 2 heterocycles. The molecule has 0 aliphatic heterocycles. The monoisotopic (exact) mass is 760 g/mol. The summed E-state index contributed by atoms with van der Waals surface area (Å²) in [5, 5.41) is 3.41. The lowest BCUT2D eigenvalue weighted by Crippen LogP contribution is -1.87. The third kappa shape index (κ3) is 6.44. The average molecular weight is 761 g/mol. The molecule has 10 aromatic rings. The van der Waals surface area contributed by atoms with Gasteiger partial charge < -0.3 is 9.97 Å². The first-order chi connectivity index (χ1) is 28.3. The molecule has 278 valence electrons. The molecule has 0 spiro atoms. The Morgan fingerprint density at radius 1 is 0.310 bits per heavy atom. The van der Waals surface area contributed by atoms with Crippen molar-refractivity contribution in [2.75, 3.05) is 0 Å². The van der Waals surface area contributed by atoms with Crippen LogP contribution in [-0.2, 0) is 0 Å². The van der Waals surface area contributed by atoms with Crippen LogP contribution in [0.5, 0.6) is 0 Å². The number of aromatic nitrogens is 2. The molecule has 0 fully saturated rings. The fourth-order valence-corrected chi connectivity index (χ4v) is 7.89. The molecule has 0 saturated carbocycles. The van der Waals surface area contributed by atoms with Gasteiger partial charge >= 0.3 is 0 Å². The van der Waals surface area contributed by atoms with Gasteiger partial charge in [0.1, 0.15) is 23.3 Å². The minimum Gasteiger partial charge on any atom is -0.354 e. The van der Waals surface area contributed by atoms with E-state index in [4.69, 9.17) is 0 Å². The number of rotatable bonds is 7. The Bertz CT molecular complexity index is 3000. The van der Waals surface area contributed by atoms with Crippen LogP contribution in [0.1, 0.15) is 22.3 Å². The van der Waals surface area contributed by atoms with Crippen LogP contribution in [0.25, 0.3) is 101 Å². The molecule has 0 atom stereocenters. The summed E-state index contributed by atoms with van der Waals surface area (Å²) >= 11 is 0. The standard InChI is InChI=1S/C52H32F4N2/c53-39-21-23-41-43-25-27-45(55)49(51(43)57-47(41)29-39)37-17-9-33(10-18-37)3-1-31-5-13-35(14-6-31)36-15-7-32(8-16-36)2-4-34-11-19-38(20-12-34)50-46(56)28-26-44-42-24-22-40(54)30-48(42)58-52(44)50/h1-30,57-58H. The number of nitrogens with one attached hydrogen (secondary N) is 2. The van der Waals surface area contributed by atoms with Gasteiger partial charge in [-0.25, -0.2) is 17.6 Å². The number of halogens is 4. The van der Waals surface area contributed by atoms with Crippen molar-refractivity contribution >= 4 is 67.9 Å². The second-order valence-electron chi connectivity index (χ2n) is 14.5. The van der Waals surface area contributed by atoms with Gasteiger partial charge in [-0.2, -0.15) is 0 Å². The molecular weight excluding hydrogens is 729 g/mol. The van der Waals surface area contributed by atoms with Crippen LogP contribution in [0.2, 0.25) is 0 Å². The fourth-order valence-electron chi connectivity index (χ4n) is 7.89. The number of aromatic amines is 2. The second-order valence-corrected chi connectivity index (χ2v) is 14.5. The van der Waals surface area contributed by atoms with Gasteiger partial charge in [-0.3, -0.25) is 0 Å². The number of hydrogen-bond acceptors (Lipinski definition) is 0. The van der Waals surface area contributed by atoms with Gasteiger partial charge in [-0.15, -0.1) is 0 Å². The first-order valence-electron chi connectivity index (χ1n) is 18.9. The van der Waals surface area contributed by atoms with Gasteiger partial charge in [0.05, 0.1) is 11.0 Å². The van der Waals surface area contributed by atoms with Crippen LogP contribution in [-0.4, -0.2) is 9.97 Å². The van der Waals surface area contributed by atoms with E-state index in [1.165, 1.54) is 36.4 Å². The zero-order valence-electron chi connectivity index (χ0n) is 30.8. The minimum absolute atomic E-state index is 0.339. The number of benzene rings is 8. The molecule has 0 radical (unpaired) electrons. The predicted octanol–water partition coefficient (Wildman–Crippen LogP) is 14.9. The van der Waals surface area contributed by atoms with Crippen molar-refractivity contribution in [1.29, 1.82) is 0 Å². The summed E-state index contributed by atoms with van der Waals surface area (Å²) in [5.41, 5.74) is 11.2. The quantitative estimate of drug-likeness (QED) is 0.120. The second kappa shape index (κ2) is 14.3.